The number of nitrogens with one attached hydrogen (secondary N) is 1. The van der Waals surface area contributed by atoms with Crippen LogP contribution < -0.4 is 10.1 Å². The summed E-state index contributed by atoms with van der Waals surface area (Å²) in [5.74, 6) is 0.411. The van der Waals surface area contributed by atoms with E-state index in [1.54, 1.807) is 40.0 Å². The number of hydrogen-bond donors (Lipinski definition) is 1. The Labute approximate surface area is 235 Å². The van der Waals surface area contributed by atoms with E-state index in [1.807, 2.05) is 36.4 Å². The van der Waals surface area contributed by atoms with Crippen molar-refractivity contribution in [3.05, 3.63) is 94.4 Å². The molecule has 1 saturated carbocycles. The van der Waals surface area contributed by atoms with Crippen molar-refractivity contribution in [2.75, 3.05) is 12.4 Å². The van der Waals surface area contributed by atoms with Crippen molar-refractivity contribution in [2.24, 2.45) is 0 Å². The molecule has 5 nitrogen and oxygen atoms in total. The Balaban J connectivity index is 1.36. The maximum atomic E-state index is 14.4. The van der Waals surface area contributed by atoms with Crippen molar-refractivity contribution in [2.45, 2.75) is 45.1 Å². The molecule has 206 valence electrons. The van der Waals surface area contributed by atoms with Gasteiger partial charge in [-0.15, -0.1) is 11.3 Å². The van der Waals surface area contributed by atoms with Gasteiger partial charge in [0, 0.05) is 11.6 Å². The molecule has 4 aromatic rings. The molecule has 0 radical (unpaired) electrons. The number of anilines is 1. The number of aryl methyl sites for hydroxylation is 1. The number of ether oxygens (including phenoxy) is 2. The van der Waals surface area contributed by atoms with E-state index < -0.39 is 17.3 Å². The van der Waals surface area contributed by atoms with Crippen LogP contribution in [-0.2, 0) is 14.9 Å². The summed E-state index contributed by atoms with van der Waals surface area (Å²) in [4.78, 5) is 25.3. The number of amides is 1. The molecule has 1 unspecified atom stereocenters. The van der Waals surface area contributed by atoms with Gasteiger partial charge in [0.05, 0.1) is 23.1 Å². The van der Waals surface area contributed by atoms with Crippen molar-refractivity contribution < 1.29 is 27.8 Å². The third-order valence-corrected chi connectivity index (χ3v) is 8.50. The van der Waals surface area contributed by atoms with Gasteiger partial charge in [-0.05, 0) is 79.6 Å². The number of carbonyl (C=O) groups excluding carboxylic acids is 2. The zero-order valence-corrected chi connectivity index (χ0v) is 23.5. The highest BCUT2D eigenvalue weighted by Crippen LogP contribution is 2.49. The normalized spacial score (nSPS) is 14.3. The second-order valence-corrected chi connectivity index (χ2v) is 11.1. The molecule has 1 fully saturated rings. The first-order valence-corrected chi connectivity index (χ1v) is 13.8. The van der Waals surface area contributed by atoms with Gasteiger partial charge in [-0.2, -0.15) is 4.39 Å². The van der Waals surface area contributed by atoms with Gasteiger partial charge in [0.25, 0.3) is 0 Å². The minimum Gasteiger partial charge on any atom is -0.496 e. The number of halogens is 2. The first kappa shape index (κ1) is 27.5. The summed E-state index contributed by atoms with van der Waals surface area (Å²) >= 11 is 0.898. The molecule has 1 heterocycles. The highest BCUT2D eigenvalue weighted by molar-refractivity contribution is 7.14. The third-order valence-electron chi connectivity index (χ3n) is 7.53. The Hall–Kier alpha value is -4.04. The van der Waals surface area contributed by atoms with Crippen LogP contribution in [0.25, 0.3) is 21.6 Å². The lowest BCUT2D eigenvalue weighted by atomic mass is 9.90. The highest BCUT2D eigenvalue weighted by atomic mass is 32.1. The number of ketones is 1. The van der Waals surface area contributed by atoms with Gasteiger partial charge in [0.2, 0.25) is 0 Å². The molecule has 0 spiro atoms. The second kappa shape index (κ2) is 10.8. The molecule has 1 aliphatic carbocycles. The lowest BCUT2D eigenvalue weighted by molar-refractivity contribution is -0.119. The maximum absolute atomic E-state index is 14.4. The van der Waals surface area contributed by atoms with Crippen LogP contribution in [0.4, 0.5) is 19.3 Å². The third kappa shape index (κ3) is 5.36. The summed E-state index contributed by atoms with van der Waals surface area (Å²) in [6.07, 6.45) is 0.374. The molecule has 1 atom stereocenters. The fourth-order valence-electron chi connectivity index (χ4n) is 5.14. The van der Waals surface area contributed by atoms with E-state index in [0.29, 0.717) is 27.3 Å². The summed E-state index contributed by atoms with van der Waals surface area (Å²) in [6.45, 7) is 5.07. The zero-order chi connectivity index (χ0) is 28.6. The highest BCUT2D eigenvalue weighted by Gasteiger charge is 2.48. The number of carbonyl (C=O) groups is 2. The molecule has 1 N–H and O–H groups in total. The molecule has 40 heavy (non-hydrogen) atoms. The van der Waals surface area contributed by atoms with Gasteiger partial charge in [-0.1, -0.05) is 42.5 Å². The molecule has 5 rings (SSSR count). The predicted octanol–water partition coefficient (Wildman–Crippen LogP) is 8.61. The number of hydrogen-bond acceptors (Lipinski definition) is 5. The summed E-state index contributed by atoms with van der Waals surface area (Å²) in [5.41, 5.74) is 4.74. The van der Waals surface area contributed by atoms with Crippen LogP contribution in [0.1, 0.15) is 49.5 Å². The monoisotopic (exact) mass is 561 g/mol. The van der Waals surface area contributed by atoms with E-state index in [0.717, 1.165) is 40.9 Å². The van der Waals surface area contributed by atoms with Crippen LogP contribution in [0, 0.1) is 17.9 Å². The summed E-state index contributed by atoms with van der Waals surface area (Å²) in [5, 5.41) is 2.18. The summed E-state index contributed by atoms with van der Waals surface area (Å²) in [6, 6.07) is 19.0. The fraction of sp³-hybridized carbons (Fsp3) is 0.250. The quantitative estimate of drug-likeness (QED) is 0.234. The van der Waals surface area contributed by atoms with Crippen molar-refractivity contribution in [1.29, 1.82) is 0 Å². The zero-order valence-electron chi connectivity index (χ0n) is 22.6. The maximum Gasteiger partial charge on any atom is 0.412 e. The van der Waals surface area contributed by atoms with Gasteiger partial charge < -0.3 is 9.47 Å². The van der Waals surface area contributed by atoms with Gasteiger partial charge >= 0.3 is 6.09 Å². The molecule has 8 heteroatoms. The second-order valence-electron chi connectivity index (χ2n) is 10.1. The van der Waals surface area contributed by atoms with E-state index in [2.05, 4.69) is 5.32 Å². The van der Waals surface area contributed by atoms with Crippen LogP contribution in [0.3, 0.4) is 0 Å². The SMILES string of the molecule is COc1cc(-c2sc(F)cc2NC(=O)OC(C)c2ccc(F)cc2C)ccc1-c1ccc(C2(C(C)=O)CC2)cc1. The predicted molar refractivity (Wildman–Crippen MR) is 153 cm³/mol. The first-order chi connectivity index (χ1) is 19.1. The van der Waals surface area contributed by atoms with Gasteiger partial charge in [-0.3, -0.25) is 10.1 Å². The average Bonchev–Trinajstić information content (AvgIpc) is 3.66. The van der Waals surface area contributed by atoms with Crippen LogP contribution >= 0.6 is 11.3 Å². The lowest BCUT2D eigenvalue weighted by Gasteiger charge is -2.17. The number of methoxy groups -OCH3 is 1. The van der Waals surface area contributed by atoms with E-state index in [1.165, 1.54) is 18.2 Å². The van der Waals surface area contributed by atoms with Crippen LogP contribution in [0.15, 0.2) is 66.7 Å². The van der Waals surface area contributed by atoms with E-state index in [4.69, 9.17) is 9.47 Å². The fourth-order valence-corrected chi connectivity index (χ4v) is 5.97. The Kier molecular flexibility index (Phi) is 7.47. The van der Waals surface area contributed by atoms with Crippen molar-refractivity contribution in [3.63, 3.8) is 0 Å². The Morgan fingerprint density at radius 1 is 0.975 bits per heavy atom. The largest absolute Gasteiger partial charge is 0.496 e. The van der Waals surface area contributed by atoms with E-state index >= 15 is 0 Å². The summed E-state index contributed by atoms with van der Waals surface area (Å²) < 4.78 is 39.0. The average molecular weight is 562 g/mol. The van der Waals surface area contributed by atoms with E-state index in [9.17, 15) is 18.4 Å². The molecule has 1 aliphatic rings. The Morgan fingerprint density at radius 3 is 2.30 bits per heavy atom. The number of benzene rings is 3. The van der Waals surface area contributed by atoms with Gasteiger partial charge in [0.1, 0.15) is 23.5 Å². The van der Waals surface area contributed by atoms with Gasteiger partial charge in [0.15, 0.2) is 5.13 Å². The van der Waals surface area contributed by atoms with Crippen LogP contribution in [-0.4, -0.2) is 19.0 Å². The van der Waals surface area contributed by atoms with Crippen LogP contribution in [0.2, 0.25) is 0 Å². The number of Topliss-reactive ketones (excluding diaryl/α,β-unsaturated/α-hetero) is 1. The minimum atomic E-state index is -0.752. The molecule has 0 bridgehead atoms. The van der Waals surface area contributed by atoms with Crippen molar-refractivity contribution >= 4 is 28.9 Å². The molecule has 1 amide bonds. The lowest BCUT2D eigenvalue weighted by Crippen LogP contribution is -2.16. The standard InChI is InChI=1S/C32H29F2NO4S/c1-18-15-24(33)10-12-25(18)19(2)39-31(37)35-27-17-29(34)40-30(27)22-7-11-26(28(16-22)38-4)21-5-8-23(9-6-21)32(13-14-32)20(3)36/h5-12,15-17,19H,13-14H2,1-4H3,(H,35,37). The molecular formula is C32H29F2NO4S. The topological polar surface area (TPSA) is 64.6 Å². The first-order valence-electron chi connectivity index (χ1n) is 12.9. The van der Waals surface area contributed by atoms with Gasteiger partial charge in [-0.25, -0.2) is 9.18 Å². The molecule has 0 aliphatic heterocycles. The van der Waals surface area contributed by atoms with E-state index in [-0.39, 0.29) is 22.7 Å². The Bertz CT molecular complexity index is 1590. The molecule has 0 saturated heterocycles. The van der Waals surface area contributed by atoms with Crippen molar-refractivity contribution in [1.82, 2.24) is 0 Å². The molecular weight excluding hydrogens is 532 g/mol. The number of rotatable bonds is 8. The minimum absolute atomic E-state index is 0.193. The Morgan fingerprint density at radius 2 is 1.68 bits per heavy atom. The summed E-state index contributed by atoms with van der Waals surface area (Å²) in [7, 11) is 1.57. The van der Waals surface area contributed by atoms with Crippen LogP contribution in [0.5, 0.6) is 5.75 Å². The molecule has 3 aromatic carbocycles. The van der Waals surface area contributed by atoms with Crippen molar-refractivity contribution in [3.8, 4) is 27.3 Å². The smallest absolute Gasteiger partial charge is 0.412 e. The number of thiophene rings is 1. The molecule has 1 aromatic heterocycles.